The van der Waals surface area contributed by atoms with Crippen LogP contribution in [0.4, 0.5) is 0 Å². The number of para-hydroxylation sites is 2. The molecule has 0 radical (unpaired) electrons. The molecule has 160 valence electrons. The fourth-order valence-electron chi connectivity index (χ4n) is 4.02. The molecule has 5 rings (SSSR count). The predicted molar refractivity (Wildman–Crippen MR) is 121 cm³/mol. The SMILES string of the molecule is NCc1coc2c(-c3cc(COc4ccccc4CC(=O)O)cc4ccoc34)cccc12. The van der Waals surface area contributed by atoms with Crippen molar-refractivity contribution < 1.29 is 23.5 Å². The van der Waals surface area contributed by atoms with Gasteiger partial charge in [0.1, 0.15) is 23.5 Å². The summed E-state index contributed by atoms with van der Waals surface area (Å²) in [7, 11) is 0. The number of benzene rings is 3. The fraction of sp³-hybridized carbons (Fsp3) is 0.115. The Labute approximate surface area is 183 Å². The largest absolute Gasteiger partial charge is 0.489 e. The van der Waals surface area contributed by atoms with Crippen LogP contribution >= 0.6 is 0 Å². The van der Waals surface area contributed by atoms with Crippen molar-refractivity contribution in [1.29, 1.82) is 0 Å². The summed E-state index contributed by atoms with van der Waals surface area (Å²) < 4.78 is 17.7. The zero-order valence-corrected chi connectivity index (χ0v) is 17.2. The molecular formula is C26H21NO5. The summed E-state index contributed by atoms with van der Waals surface area (Å²) in [5.41, 5.74) is 11.7. The topological polar surface area (TPSA) is 98.8 Å². The number of carbonyl (C=O) groups is 1. The smallest absolute Gasteiger partial charge is 0.307 e. The number of rotatable bonds is 7. The number of carboxylic acid groups (broad SMARTS) is 1. The Morgan fingerprint density at radius 1 is 0.938 bits per heavy atom. The molecule has 0 unspecified atom stereocenters. The summed E-state index contributed by atoms with van der Waals surface area (Å²) in [6.45, 7) is 0.684. The van der Waals surface area contributed by atoms with Crippen molar-refractivity contribution in [3.8, 4) is 16.9 Å². The van der Waals surface area contributed by atoms with Gasteiger partial charge in [-0.3, -0.25) is 4.79 Å². The van der Waals surface area contributed by atoms with Crippen molar-refractivity contribution >= 4 is 27.9 Å². The van der Waals surface area contributed by atoms with Crippen LogP contribution in [0.15, 0.2) is 82.0 Å². The summed E-state index contributed by atoms with van der Waals surface area (Å²) in [6.07, 6.45) is 3.26. The quantitative estimate of drug-likeness (QED) is 0.355. The Kier molecular flexibility index (Phi) is 5.13. The first-order chi connectivity index (χ1) is 15.6. The summed E-state index contributed by atoms with van der Waals surface area (Å²) in [5, 5.41) is 11.1. The number of furan rings is 2. The minimum atomic E-state index is -0.897. The minimum absolute atomic E-state index is 0.0911. The molecule has 6 nitrogen and oxygen atoms in total. The molecule has 0 saturated heterocycles. The van der Waals surface area contributed by atoms with Crippen LogP contribution in [0.2, 0.25) is 0 Å². The van der Waals surface area contributed by atoms with Crippen LogP contribution in [0.1, 0.15) is 16.7 Å². The molecule has 3 aromatic carbocycles. The van der Waals surface area contributed by atoms with E-state index in [-0.39, 0.29) is 13.0 Å². The van der Waals surface area contributed by atoms with Crippen molar-refractivity contribution in [2.45, 2.75) is 19.6 Å². The number of hydrogen-bond donors (Lipinski definition) is 2. The summed E-state index contributed by atoms with van der Waals surface area (Å²) >= 11 is 0. The third-order valence-corrected chi connectivity index (χ3v) is 5.51. The second-order valence-electron chi connectivity index (χ2n) is 7.60. The molecule has 0 aliphatic heterocycles. The monoisotopic (exact) mass is 427 g/mol. The molecule has 3 N–H and O–H groups in total. The second kappa shape index (κ2) is 8.24. The van der Waals surface area contributed by atoms with Crippen LogP contribution in [0, 0.1) is 0 Å². The Hall–Kier alpha value is -4.03. The average molecular weight is 427 g/mol. The van der Waals surface area contributed by atoms with Crippen molar-refractivity contribution in [2.75, 3.05) is 0 Å². The number of ether oxygens (including phenoxy) is 1. The van der Waals surface area contributed by atoms with E-state index < -0.39 is 5.97 Å². The lowest BCUT2D eigenvalue weighted by atomic mass is 9.98. The van der Waals surface area contributed by atoms with Crippen LogP contribution in [0.25, 0.3) is 33.1 Å². The third kappa shape index (κ3) is 3.61. The van der Waals surface area contributed by atoms with E-state index in [9.17, 15) is 4.79 Å². The molecule has 0 fully saturated rings. The third-order valence-electron chi connectivity index (χ3n) is 5.51. The van der Waals surface area contributed by atoms with E-state index in [1.807, 2.05) is 42.5 Å². The number of hydrogen-bond acceptors (Lipinski definition) is 5. The first-order valence-corrected chi connectivity index (χ1v) is 10.3. The highest BCUT2D eigenvalue weighted by Crippen LogP contribution is 2.37. The lowest BCUT2D eigenvalue weighted by Gasteiger charge is -2.12. The lowest BCUT2D eigenvalue weighted by Crippen LogP contribution is -2.04. The summed E-state index contributed by atoms with van der Waals surface area (Å²) in [5.74, 6) is -0.337. The molecule has 2 aromatic heterocycles. The van der Waals surface area contributed by atoms with Crippen molar-refractivity contribution in [2.24, 2.45) is 5.73 Å². The molecule has 0 saturated carbocycles. The molecule has 0 amide bonds. The van der Waals surface area contributed by atoms with Gasteiger partial charge in [0.05, 0.1) is 18.9 Å². The van der Waals surface area contributed by atoms with E-state index in [1.165, 1.54) is 0 Å². The zero-order chi connectivity index (χ0) is 22.1. The van der Waals surface area contributed by atoms with E-state index in [4.69, 9.17) is 24.4 Å². The van der Waals surface area contributed by atoms with Gasteiger partial charge < -0.3 is 24.4 Å². The highest BCUT2D eigenvalue weighted by molar-refractivity contribution is 6.02. The number of aliphatic carboxylic acids is 1. The molecule has 0 aliphatic rings. The van der Waals surface area contributed by atoms with Gasteiger partial charge in [-0.1, -0.05) is 36.4 Å². The first-order valence-electron chi connectivity index (χ1n) is 10.3. The van der Waals surface area contributed by atoms with Crippen molar-refractivity contribution in [3.05, 3.63) is 89.9 Å². The van der Waals surface area contributed by atoms with Gasteiger partial charge >= 0.3 is 5.97 Å². The van der Waals surface area contributed by atoms with Crippen LogP contribution in [-0.2, 0) is 24.4 Å². The van der Waals surface area contributed by atoms with Gasteiger partial charge in [-0.2, -0.15) is 0 Å². The maximum Gasteiger partial charge on any atom is 0.307 e. The van der Waals surface area contributed by atoms with Gasteiger partial charge in [0, 0.05) is 39.6 Å². The van der Waals surface area contributed by atoms with Gasteiger partial charge in [-0.25, -0.2) is 0 Å². The number of carboxylic acids is 1. The van der Waals surface area contributed by atoms with E-state index >= 15 is 0 Å². The molecule has 0 aliphatic carbocycles. The molecular weight excluding hydrogens is 406 g/mol. The van der Waals surface area contributed by atoms with Gasteiger partial charge in [-0.05, 0) is 29.8 Å². The summed E-state index contributed by atoms with van der Waals surface area (Å²) in [6, 6.07) is 19.1. The zero-order valence-electron chi connectivity index (χ0n) is 17.2. The molecule has 0 spiro atoms. The molecule has 0 atom stereocenters. The van der Waals surface area contributed by atoms with Crippen LogP contribution in [-0.4, -0.2) is 11.1 Å². The predicted octanol–water partition coefficient (Wildman–Crippen LogP) is 5.51. The standard InChI is InChI=1S/C26H21NO5/c27-13-19-15-32-26-20(19)5-3-6-21(26)22-11-16(10-18-8-9-30-25(18)22)14-31-23-7-2-1-4-17(23)12-24(28)29/h1-11,15H,12-14,27H2,(H,28,29). The Morgan fingerprint density at radius 2 is 1.81 bits per heavy atom. The van der Waals surface area contributed by atoms with Gasteiger partial charge in [0.25, 0.3) is 0 Å². The lowest BCUT2D eigenvalue weighted by molar-refractivity contribution is -0.136. The van der Waals surface area contributed by atoms with Crippen LogP contribution in [0.5, 0.6) is 5.75 Å². The maximum atomic E-state index is 11.2. The van der Waals surface area contributed by atoms with E-state index in [2.05, 4.69) is 0 Å². The highest BCUT2D eigenvalue weighted by atomic mass is 16.5. The Balaban J connectivity index is 1.54. The van der Waals surface area contributed by atoms with Gasteiger partial charge in [0.15, 0.2) is 0 Å². The van der Waals surface area contributed by atoms with Crippen LogP contribution < -0.4 is 10.5 Å². The van der Waals surface area contributed by atoms with Crippen LogP contribution in [0.3, 0.4) is 0 Å². The number of nitrogens with two attached hydrogens (primary N) is 1. The average Bonchev–Trinajstić information content (AvgIpc) is 3.44. The summed E-state index contributed by atoms with van der Waals surface area (Å²) in [4.78, 5) is 11.2. The second-order valence-corrected chi connectivity index (χ2v) is 7.60. The molecule has 0 bridgehead atoms. The normalized spacial score (nSPS) is 11.3. The van der Waals surface area contributed by atoms with E-state index in [0.29, 0.717) is 17.9 Å². The van der Waals surface area contributed by atoms with E-state index in [0.717, 1.165) is 44.2 Å². The number of fused-ring (bicyclic) bond motifs is 2. The van der Waals surface area contributed by atoms with E-state index in [1.54, 1.807) is 30.7 Å². The maximum absolute atomic E-state index is 11.2. The Bertz CT molecular complexity index is 1430. The molecule has 5 aromatic rings. The minimum Gasteiger partial charge on any atom is -0.489 e. The molecule has 2 heterocycles. The van der Waals surface area contributed by atoms with Gasteiger partial charge in [-0.15, -0.1) is 0 Å². The fourth-order valence-corrected chi connectivity index (χ4v) is 4.02. The Morgan fingerprint density at radius 3 is 2.66 bits per heavy atom. The molecule has 6 heteroatoms. The first kappa shape index (κ1) is 19.9. The van der Waals surface area contributed by atoms with Gasteiger partial charge in [0.2, 0.25) is 0 Å². The molecule has 32 heavy (non-hydrogen) atoms. The highest BCUT2D eigenvalue weighted by Gasteiger charge is 2.16. The van der Waals surface area contributed by atoms with Crippen molar-refractivity contribution in [1.82, 2.24) is 0 Å². The van der Waals surface area contributed by atoms with Crippen molar-refractivity contribution in [3.63, 3.8) is 0 Å².